The van der Waals surface area contributed by atoms with E-state index in [9.17, 15) is 4.39 Å². The maximum absolute atomic E-state index is 13.2. The molecule has 0 unspecified atom stereocenters. The first-order valence-corrected chi connectivity index (χ1v) is 8.30. The van der Waals surface area contributed by atoms with Crippen molar-refractivity contribution in [1.82, 2.24) is 0 Å². The van der Waals surface area contributed by atoms with E-state index in [1.807, 2.05) is 42.5 Å². The third-order valence-electron chi connectivity index (χ3n) is 3.82. The third-order valence-corrected chi connectivity index (χ3v) is 5.14. The Morgan fingerprint density at radius 3 is 2.61 bits per heavy atom. The first-order chi connectivity index (χ1) is 11.3. The summed E-state index contributed by atoms with van der Waals surface area (Å²) in [5.41, 5.74) is 2.96. The van der Waals surface area contributed by atoms with Crippen LogP contribution < -0.4 is 0 Å². The van der Waals surface area contributed by atoms with Crippen molar-refractivity contribution in [3.63, 3.8) is 0 Å². The standard InChI is InChI=1S/C19H14FNOS/c20-14-9-7-13(8-10-14)19-12-16(17-5-3-11-22-17)21-15-4-1-2-6-18(15)23-19/h1-11,19H,12H2/t19-/m0/s1. The second-order valence-electron chi connectivity index (χ2n) is 5.37. The van der Waals surface area contributed by atoms with Gasteiger partial charge in [-0.25, -0.2) is 9.38 Å². The van der Waals surface area contributed by atoms with Crippen LogP contribution in [0.1, 0.15) is 23.0 Å². The molecule has 2 aromatic carbocycles. The van der Waals surface area contributed by atoms with Gasteiger partial charge in [-0.2, -0.15) is 0 Å². The Hall–Kier alpha value is -2.33. The molecule has 1 aromatic heterocycles. The van der Waals surface area contributed by atoms with Gasteiger partial charge in [-0.1, -0.05) is 24.3 Å². The molecule has 0 N–H and O–H groups in total. The topological polar surface area (TPSA) is 25.5 Å². The predicted molar refractivity (Wildman–Crippen MR) is 91.0 cm³/mol. The number of thioether (sulfide) groups is 1. The molecule has 0 saturated heterocycles. The predicted octanol–water partition coefficient (Wildman–Crippen LogP) is 5.78. The molecule has 2 nitrogen and oxygen atoms in total. The Labute approximate surface area is 138 Å². The van der Waals surface area contributed by atoms with Gasteiger partial charge in [-0.15, -0.1) is 11.8 Å². The number of benzene rings is 2. The van der Waals surface area contributed by atoms with Crippen molar-refractivity contribution in [3.05, 3.63) is 84.1 Å². The molecule has 0 aliphatic carbocycles. The zero-order valence-electron chi connectivity index (χ0n) is 12.3. The number of fused-ring (bicyclic) bond motifs is 1. The van der Waals surface area contributed by atoms with E-state index >= 15 is 0 Å². The number of para-hydroxylation sites is 1. The van der Waals surface area contributed by atoms with Crippen molar-refractivity contribution in [1.29, 1.82) is 0 Å². The number of hydrogen-bond donors (Lipinski definition) is 0. The highest BCUT2D eigenvalue weighted by Crippen LogP contribution is 2.45. The number of halogens is 1. The minimum Gasteiger partial charge on any atom is -0.463 e. The van der Waals surface area contributed by atoms with Crippen LogP contribution in [0.15, 0.2) is 81.2 Å². The molecule has 0 amide bonds. The molecular formula is C19H14FNOS. The van der Waals surface area contributed by atoms with Crippen molar-refractivity contribution in [2.24, 2.45) is 4.99 Å². The highest BCUT2D eigenvalue weighted by Gasteiger charge is 2.23. The van der Waals surface area contributed by atoms with E-state index in [2.05, 4.69) is 6.07 Å². The van der Waals surface area contributed by atoms with Crippen LogP contribution in [0.2, 0.25) is 0 Å². The summed E-state index contributed by atoms with van der Waals surface area (Å²) in [6, 6.07) is 18.6. The highest BCUT2D eigenvalue weighted by molar-refractivity contribution is 7.99. The summed E-state index contributed by atoms with van der Waals surface area (Å²) in [5.74, 6) is 0.571. The van der Waals surface area contributed by atoms with Gasteiger partial charge < -0.3 is 4.42 Å². The second kappa shape index (κ2) is 6.05. The molecule has 0 radical (unpaired) electrons. The summed E-state index contributed by atoms with van der Waals surface area (Å²) in [5, 5.41) is 0.170. The van der Waals surface area contributed by atoms with E-state index in [0.717, 1.165) is 34.0 Å². The minimum atomic E-state index is -0.215. The maximum Gasteiger partial charge on any atom is 0.148 e. The van der Waals surface area contributed by atoms with Gasteiger partial charge in [0.2, 0.25) is 0 Å². The number of hydrogen-bond acceptors (Lipinski definition) is 3. The second-order valence-corrected chi connectivity index (χ2v) is 6.61. The summed E-state index contributed by atoms with van der Waals surface area (Å²) in [6.07, 6.45) is 2.40. The van der Waals surface area contributed by atoms with E-state index in [1.165, 1.54) is 12.1 Å². The van der Waals surface area contributed by atoms with Gasteiger partial charge in [-0.05, 0) is 42.0 Å². The Morgan fingerprint density at radius 2 is 1.83 bits per heavy atom. The van der Waals surface area contributed by atoms with Crippen LogP contribution in [-0.4, -0.2) is 5.71 Å². The average molecular weight is 323 g/mol. The van der Waals surface area contributed by atoms with Gasteiger partial charge in [0.25, 0.3) is 0 Å². The number of furan rings is 1. The minimum absolute atomic E-state index is 0.170. The summed E-state index contributed by atoms with van der Waals surface area (Å²) in [4.78, 5) is 5.93. The Balaban J connectivity index is 1.78. The quantitative estimate of drug-likeness (QED) is 0.597. The van der Waals surface area contributed by atoms with E-state index < -0.39 is 0 Å². The molecule has 4 rings (SSSR count). The van der Waals surface area contributed by atoms with Gasteiger partial charge in [0.05, 0.1) is 17.7 Å². The molecule has 0 bridgehead atoms. The fraction of sp³-hybridized carbons (Fsp3) is 0.105. The summed E-state index contributed by atoms with van der Waals surface area (Å²) < 4.78 is 18.8. The van der Waals surface area contributed by atoms with Crippen LogP contribution in [0.3, 0.4) is 0 Å². The molecule has 1 aliphatic rings. The fourth-order valence-electron chi connectivity index (χ4n) is 2.67. The third kappa shape index (κ3) is 2.94. The van der Waals surface area contributed by atoms with Gasteiger partial charge in [0.15, 0.2) is 0 Å². The van der Waals surface area contributed by atoms with Gasteiger partial charge in [0, 0.05) is 16.6 Å². The monoisotopic (exact) mass is 323 g/mol. The zero-order valence-corrected chi connectivity index (χ0v) is 13.1. The lowest BCUT2D eigenvalue weighted by Crippen LogP contribution is -2.04. The van der Waals surface area contributed by atoms with E-state index in [-0.39, 0.29) is 11.1 Å². The first kappa shape index (κ1) is 14.3. The smallest absolute Gasteiger partial charge is 0.148 e. The average Bonchev–Trinajstić information content (AvgIpc) is 3.03. The molecule has 1 atom stereocenters. The van der Waals surface area contributed by atoms with Crippen LogP contribution in [-0.2, 0) is 0 Å². The van der Waals surface area contributed by atoms with Crippen LogP contribution in [0.5, 0.6) is 0 Å². The first-order valence-electron chi connectivity index (χ1n) is 7.42. The molecule has 2 heterocycles. The van der Waals surface area contributed by atoms with E-state index in [4.69, 9.17) is 9.41 Å². The van der Waals surface area contributed by atoms with Crippen LogP contribution in [0.25, 0.3) is 0 Å². The summed E-state index contributed by atoms with van der Waals surface area (Å²) in [6.45, 7) is 0. The molecule has 0 spiro atoms. The molecule has 3 aromatic rings. The number of rotatable bonds is 2. The highest BCUT2D eigenvalue weighted by atomic mass is 32.2. The van der Waals surface area contributed by atoms with Crippen LogP contribution in [0, 0.1) is 5.82 Å². The Kier molecular flexibility index (Phi) is 3.75. The molecule has 1 aliphatic heterocycles. The van der Waals surface area contributed by atoms with Crippen molar-refractivity contribution >= 4 is 23.2 Å². The molecule has 114 valence electrons. The van der Waals surface area contributed by atoms with Crippen LogP contribution in [0.4, 0.5) is 10.1 Å². The normalized spacial score (nSPS) is 17.3. The molecule has 0 saturated carbocycles. The van der Waals surface area contributed by atoms with Crippen molar-refractivity contribution in [3.8, 4) is 0 Å². The molecule has 0 fully saturated rings. The number of nitrogens with zero attached hydrogens (tertiary/aromatic N) is 1. The van der Waals surface area contributed by atoms with E-state index in [0.29, 0.717) is 0 Å². The van der Waals surface area contributed by atoms with Crippen molar-refractivity contribution < 1.29 is 8.81 Å². The largest absolute Gasteiger partial charge is 0.463 e. The molecule has 23 heavy (non-hydrogen) atoms. The van der Waals surface area contributed by atoms with Gasteiger partial charge >= 0.3 is 0 Å². The molecular weight excluding hydrogens is 309 g/mol. The fourth-order valence-corrected chi connectivity index (χ4v) is 3.91. The zero-order chi connectivity index (χ0) is 15.6. The van der Waals surface area contributed by atoms with Gasteiger partial charge in [0.1, 0.15) is 11.6 Å². The maximum atomic E-state index is 13.2. The lowest BCUT2D eigenvalue weighted by molar-refractivity contribution is 0.555. The van der Waals surface area contributed by atoms with E-state index in [1.54, 1.807) is 18.0 Å². The SMILES string of the molecule is Fc1ccc([C@@H]2CC(c3ccco3)=Nc3ccccc3S2)cc1. The van der Waals surface area contributed by atoms with Crippen LogP contribution >= 0.6 is 11.8 Å². The Bertz CT molecular complexity index is 840. The van der Waals surface area contributed by atoms with Gasteiger partial charge in [-0.3, -0.25) is 0 Å². The lowest BCUT2D eigenvalue weighted by Gasteiger charge is -2.15. The summed E-state index contributed by atoms with van der Waals surface area (Å²) in [7, 11) is 0. The summed E-state index contributed by atoms with van der Waals surface area (Å²) >= 11 is 1.76. The van der Waals surface area contributed by atoms with Crippen molar-refractivity contribution in [2.75, 3.05) is 0 Å². The molecule has 4 heteroatoms. The lowest BCUT2D eigenvalue weighted by atomic mass is 10.1. The Morgan fingerprint density at radius 1 is 1.00 bits per heavy atom. The van der Waals surface area contributed by atoms with Crippen molar-refractivity contribution in [2.45, 2.75) is 16.6 Å². The number of aliphatic imine (C=N–C) groups is 1.